The molecule has 2 heterocycles. The van der Waals surface area contributed by atoms with Gasteiger partial charge in [0.25, 0.3) is 5.69 Å². The van der Waals surface area contributed by atoms with Crippen molar-refractivity contribution in [2.24, 2.45) is 5.92 Å². The number of amides is 1. The first-order chi connectivity index (χ1) is 13.0. The number of nitrogens with zero attached hydrogens (tertiary/aromatic N) is 4. The molecule has 1 fully saturated rings. The number of nitro groups is 1. The normalized spacial score (nSPS) is 15.0. The first-order valence-corrected chi connectivity index (χ1v) is 8.98. The quantitative estimate of drug-likeness (QED) is 0.592. The van der Waals surface area contributed by atoms with Crippen LogP contribution in [0.4, 0.5) is 17.1 Å². The monoisotopic (exact) mass is 373 g/mol. The van der Waals surface area contributed by atoms with Gasteiger partial charge in [0, 0.05) is 37.8 Å². The molecule has 0 radical (unpaired) electrons. The summed E-state index contributed by atoms with van der Waals surface area (Å²) in [5.41, 5.74) is 1.82. The Morgan fingerprint density at radius 3 is 2.74 bits per heavy atom. The Kier molecular flexibility index (Phi) is 5.70. The van der Waals surface area contributed by atoms with E-state index in [0.717, 1.165) is 6.54 Å². The Bertz CT molecular complexity index is 827. The molecule has 0 spiro atoms. The SMILES string of the molecule is CCn1cc(NC(=O)C2CCN(c3cc(CO)ccc3[N+](=O)[O-])CC2)cn1. The molecule has 1 aliphatic heterocycles. The molecule has 1 aliphatic rings. The van der Waals surface area contributed by atoms with E-state index in [-0.39, 0.29) is 24.1 Å². The van der Waals surface area contributed by atoms with Crippen LogP contribution in [0.3, 0.4) is 0 Å². The molecular weight excluding hydrogens is 350 g/mol. The van der Waals surface area contributed by atoms with Gasteiger partial charge in [0.2, 0.25) is 5.91 Å². The van der Waals surface area contributed by atoms with Crippen LogP contribution in [0.25, 0.3) is 0 Å². The number of aryl methyl sites for hydroxylation is 1. The number of aromatic nitrogens is 2. The molecule has 0 saturated carbocycles. The minimum atomic E-state index is -0.416. The molecule has 1 saturated heterocycles. The summed E-state index contributed by atoms with van der Waals surface area (Å²) < 4.78 is 1.74. The zero-order valence-electron chi connectivity index (χ0n) is 15.2. The maximum absolute atomic E-state index is 12.5. The van der Waals surface area contributed by atoms with Gasteiger partial charge < -0.3 is 15.3 Å². The van der Waals surface area contributed by atoms with Gasteiger partial charge in [-0.3, -0.25) is 19.6 Å². The molecule has 0 bridgehead atoms. The van der Waals surface area contributed by atoms with Crippen LogP contribution >= 0.6 is 0 Å². The molecule has 9 heteroatoms. The minimum absolute atomic E-state index is 0.0158. The van der Waals surface area contributed by atoms with Gasteiger partial charge in [0.05, 0.1) is 23.4 Å². The van der Waals surface area contributed by atoms with E-state index < -0.39 is 4.92 Å². The lowest BCUT2D eigenvalue weighted by Crippen LogP contribution is -2.38. The van der Waals surface area contributed by atoms with Crippen molar-refractivity contribution < 1.29 is 14.8 Å². The van der Waals surface area contributed by atoms with Crippen molar-refractivity contribution in [3.8, 4) is 0 Å². The molecule has 1 aromatic heterocycles. The van der Waals surface area contributed by atoms with E-state index in [1.807, 2.05) is 11.8 Å². The van der Waals surface area contributed by atoms with Gasteiger partial charge in [-0.1, -0.05) is 0 Å². The summed E-state index contributed by atoms with van der Waals surface area (Å²) in [5, 5.41) is 27.7. The fraction of sp³-hybridized carbons (Fsp3) is 0.444. The fourth-order valence-electron chi connectivity index (χ4n) is 3.30. The highest BCUT2D eigenvalue weighted by atomic mass is 16.6. The van der Waals surface area contributed by atoms with E-state index in [0.29, 0.717) is 42.9 Å². The maximum atomic E-state index is 12.5. The molecule has 2 aromatic rings. The van der Waals surface area contributed by atoms with E-state index in [1.54, 1.807) is 29.2 Å². The van der Waals surface area contributed by atoms with Crippen LogP contribution in [-0.2, 0) is 17.9 Å². The first kappa shape index (κ1) is 18.8. The van der Waals surface area contributed by atoms with Crippen LogP contribution < -0.4 is 10.2 Å². The summed E-state index contributed by atoms with van der Waals surface area (Å²) in [5.74, 6) is -0.199. The van der Waals surface area contributed by atoms with Crippen LogP contribution in [0.1, 0.15) is 25.3 Å². The van der Waals surface area contributed by atoms with Gasteiger partial charge in [-0.05, 0) is 37.5 Å². The van der Waals surface area contributed by atoms with Crippen molar-refractivity contribution in [3.05, 3.63) is 46.3 Å². The summed E-state index contributed by atoms with van der Waals surface area (Å²) in [7, 11) is 0. The Morgan fingerprint density at radius 1 is 1.41 bits per heavy atom. The van der Waals surface area contributed by atoms with Crippen molar-refractivity contribution in [3.63, 3.8) is 0 Å². The van der Waals surface area contributed by atoms with Gasteiger partial charge in [-0.25, -0.2) is 0 Å². The number of aliphatic hydroxyl groups is 1. The molecule has 27 heavy (non-hydrogen) atoms. The lowest BCUT2D eigenvalue weighted by Gasteiger charge is -2.32. The molecular formula is C18H23N5O4. The summed E-state index contributed by atoms with van der Waals surface area (Å²) in [6.45, 7) is 3.62. The molecule has 1 amide bonds. The largest absolute Gasteiger partial charge is 0.392 e. The van der Waals surface area contributed by atoms with Crippen LogP contribution in [0.5, 0.6) is 0 Å². The number of piperidine rings is 1. The second-order valence-electron chi connectivity index (χ2n) is 6.57. The average molecular weight is 373 g/mol. The molecule has 0 unspecified atom stereocenters. The second-order valence-corrected chi connectivity index (χ2v) is 6.57. The van der Waals surface area contributed by atoms with Crippen molar-refractivity contribution in [2.45, 2.75) is 32.9 Å². The zero-order valence-corrected chi connectivity index (χ0v) is 15.2. The Labute approximate surface area is 156 Å². The molecule has 144 valence electrons. The van der Waals surface area contributed by atoms with Crippen LogP contribution in [-0.4, -0.2) is 38.8 Å². The lowest BCUT2D eigenvalue weighted by atomic mass is 9.95. The number of hydrogen-bond donors (Lipinski definition) is 2. The predicted molar refractivity (Wildman–Crippen MR) is 100 cm³/mol. The smallest absolute Gasteiger partial charge is 0.292 e. The van der Waals surface area contributed by atoms with E-state index in [1.165, 1.54) is 6.07 Å². The second kappa shape index (κ2) is 8.17. The highest BCUT2D eigenvalue weighted by Gasteiger charge is 2.28. The van der Waals surface area contributed by atoms with Crippen molar-refractivity contribution in [2.75, 3.05) is 23.3 Å². The van der Waals surface area contributed by atoms with Crippen molar-refractivity contribution in [1.29, 1.82) is 0 Å². The van der Waals surface area contributed by atoms with Crippen LogP contribution in [0, 0.1) is 16.0 Å². The number of rotatable bonds is 6. The van der Waals surface area contributed by atoms with Gasteiger partial charge in [0.15, 0.2) is 0 Å². The third-order valence-corrected chi connectivity index (χ3v) is 4.85. The molecule has 1 aromatic carbocycles. The lowest BCUT2D eigenvalue weighted by molar-refractivity contribution is -0.384. The highest BCUT2D eigenvalue weighted by molar-refractivity contribution is 5.92. The first-order valence-electron chi connectivity index (χ1n) is 8.98. The number of benzene rings is 1. The Balaban J connectivity index is 1.64. The number of nitrogens with one attached hydrogen (secondary N) is 1. The number of carbonyl (C=O) groups excluding carboxylic acids is 1. The molecule has 2 N–H and O–H groups in total. The average Bonchev–Trinajstić information content (AvgIpc) is 3.15. The number of nitro benzene ring substituents is 1. The Morgan fingerprint density at radius 2 is 2.15 bits per heavy atom. The number of hydrogen-bond acceptors (Lipinski definition) is 6. The number of anilines is 2. The van der Waals surface area contributed by atoms with Crippen molar-refractivity contribution >= 4 is 23.0 Å². The third-order valence-electron chi connectivity index (χ3n) is 4.85. The molecule has 0 atom stereocenters. The summed E-state index contributed by atoms with van der Waals surface area (Å²) in [6.07, 6.45) is 4.62. The highest BCUT2D eigenvalue weighted by Crippen LogP contribution is 2.32. The van der Waals surface area contributed by atoms with Gasteiger partial charge in [-0.15, -0.1) is 0 Å². The Hall–Kier alpha value is -2.94. The van der Waals surface area contributed by atoms with Gasteiger partial charge in [-0.2, -0.15) is 5.10 Å². The standard InChI is InChI=1S/C18H23N5O4/c1-2-22-11-15(10-19-22)20-18(25)14-5-7-21(8-6-14)17-9-13(12-24)3-4-16(17)23(26)27/h3-4,9-11,14,24H,2,5-8,12H2,1H3,(H,20,25). The van der Waals surface area contributed by atoms with Crippen LogP contribution in [0.2, 0.25) is 0 Å². The molecule has 9 nitrogen and oxygen atoms in total. The summed E-state index contributed by atoms with van der Waals surface area (Å²) in [4.78, 5) is 25.3. The topological polar surface area (TPSA) is 114 Å². The minimum Gasteiger partial charge on any atom is -0.392 e. The molecule has 0 aliphatic carbocycles. The van der Waals surface area contributed by atoms with Gasteiger partial charge in [0.1, 0.15) is 5.69 Å². The zero-order chi connectivity index (χ0) is 19.4. The van der Waals surface area contributed by atoms with E-state index in [2.05, 4.69) is 10.4 Å². The maximum Gasteiger partial charge on any atom is 0.292 e. The van der Waals surface area contributed by atoms with E-state index >= 15 is 0 Å². The van der Waals surface area contributed by atoms with Crippen LogP contribution in [0.15, 0.2) is 30.6 Å². The number of carbonyl (C=O) groups is 1. The van der Waals surface area contributed by atoms with E-state index in [4.69, 9.17) is 0 Å². The van der Waals surface area contributed by atoms with Gasteiger partial charge >= 0.3 is 0 Å². The predicted octanol–water partition coefficient (Wildman–Crippen LogP) is 2.16. The van der Waals surface area contributed by atoms with Crippen molar-refractivity contribution in [1.82, 2.24) is 9.78 Å². The summed E-state index contributed by atoms with van der Waals surface area (Å²) >= 11 is 0. The molecule has 3 rings (SSSR count). The number of aliphatic hydroxyl groups excluding tert-OH is 1. The fourth-order valence-corrected chi connectivity index (χ4v) is 3.30. The third kappa shape index (κ3) is 4.25. The van der Waals surface area contributed by atoms with E-state index in [9.17, 15) is 20.0 Å². The summed E-state index contributed by atoms with van der Waals surface area (Å²) in [6, 6.07) is 4.63.